The van der Waals surface area contributed by atoms with Gasteiger partial charge in [-0.3, -0.25) is 0 Å². The Morgan fingerprint density at radius 1 is 1.40 bits per heavy atom. The smallest absolute Gasteiger partial charge is 0.123 e. The molecule has 0 bridgehead atoms. The number of hydrogen-bond acceptors (Lipinski definition) is 3. The minimum Gasteiger partial charge on any atom is -0.378 e. The van der Waals surface area contributed by atoms with Crippen LogP contribution in [0.5, 0.6) is 0 Å². The second-order valence-electron chi connectivity index (χ2n) is 6.08. The summed E-state index contributed by atoms with van der Waals surface area (Å²) in [5.41, 5.74) is 7.23. The number of halogens is 1. The topological polar surface area (TPSA) is 44.5 Å². The first-order chi connectivity index (χ1) is 9.67. The predicted molar refractivity (Wildman–Crippen MR) is 74.9 cm³/mol. The van der Waals surface area contributed by atoms with Crippen LogP contribution in [-0.4, -0.2) is 31.5 Å². The molecule has 3 nitrogen and oxygen atoms in total. The quantitative estimate of drug-likeness (QED) is 0.923. The van der Waals surface area contributed by atoms with Crippen molar-refractivity contribution in [3.8, 4) is 0 Å². The van der Waals surface area contributed by atoms with Crippen molar-refractivity contribution < 1.29 is 13.9 Å². The highest BCUT2D eigenvalue weighted by Gasteiger charge is 2.42. The van der Waals surface area contributed by atoms with Crippen LogP contribution in [-0.2, 0) is 15.9 Å². The van der Waals surface area contributed by atoms with Crippen LogP contribution in [0.15, 0.2) is 24.3 Å². The molecule has 2 aliphatic heterocycles. The molecule has 2 N–H and O–H groups in total. The SMILES string of the molecule is NC(Cc1cccc(F)c1)C1CCOC2(CCOC2)C1. The van der Waals surface area contributed by atoms with E-state index < -0.39 is 0 Å². The van der Waals surface area contributed by atoms with Crippen molar-refractivity contribution in [3.05, 3.63) is 35.6 Å². The van der Waals surface area contributed by atoms with Crippen molar-refractivity contribution in [3.63, 3.8) is 0 Å². The predicted octanol–water partition coefficient (Wildman–Crippen LogP) is 2.28. The van der Waals surface area contributed by atoms with Gasteiger partial charge in [-0.25, -0.2) is 4.39 Å². The molecule has 0 amide bonds. The van der Waals surface area contributed by atoms with Crippen molar-refractivity contribution in [2.75, 3.05) is 19.8 Å². The van der Waals surface area contributed by atoms with Gasteiger partial charge in [-0.15, -0.1) is 0 Å². The van der Waals surface area contributed by atoms with Gasteiger partial charge in [-0.2, -0.15) is 0 Å². The molecule has 2 fully saturated rings. The summed E-state index contributed by atoms with van der Waals surface area (Å²) in [6, 6.07) is 6.78. The summed E-state index contributed by atoms with van der Waals surface area (Å²) in [6.45, 7) is 2.23. The van der Waals surface area contributed by atoms with Crippen molar-refractivity contribution in [2.45, 2.75) is 37.3 Å². The van der Waals surface area contributed by atoms with E-state index in [9.17, 15) is 4.39 Å². The van der Waals surface area contributed by atoms with Crippen LogP contribution in [0.4, 0.5) is 4.39 Å². The number of benzene rings is 1. The highest BCUT2D eigenvalue weighted by Crippen LogP contribution is 2.37. The fraction of sp³-hybridized carbons (Fsp3) is 0.625. The Morgan fingerprint density at radius 3 is 3.05 bits per heavy atom. The summed E-state index contributed by atoms with van der Waals surface area (Å²) >= 11 is 0. The van der Waals surface area contributed by atoms with Crippen molar-refractivity contribution >= 4 is 0 Å². The molecule has 2 saturated heterocycles. The van der Waals surface area contributed by atoms with E-state index in [1.54, 1.807) is 12.1 Å². The molecule has 1 spiro atoms. The third-order valence-corrected chi connectivity index (χ3v) is 4.56. The Bertz CT molecular complexity index is 460. The van der Waals surface area contributed by atoms with Gasteiger partial charge in [0.1, 0.15) is 5.82 Å². The van der Waals surface area contributed by atoms with E-state index in [1.807, 2.05) is 6.07 Å². The maximum Gasteiger partial charge on any atom is 0.123 e. The molecular weight excluding hydrogens is 257 g/mol. The maximum atomic E-state index is 13.2. The van der Waals surface area contributed by atoms with Crippen molar-refractivity contribution in [1.29, 1.82) is 0 Å². The average molecular weight is 279 g/mol. The molecule has 2 heterocycles. The Hall–Kier alpha value is -0.970. The fourth-order valence-corrected chi connectivity index (χ4v) is 3.40. The molecule has 3 unspecified atom stereocenters. The zero-order chi connectivity index (χ0) is 14.0. The number of rotatable bonds is 3. The van der Waals surface area contributed by atoms with Crippen molar-refractivity contribution in [2.24, 2.45) is 11.7 Å². The van der Waals surface area contributed by atoms with E-state index in [0.29, 0.717) is 12.5 Å². The van der Waals surface area contributed by atoms with Crippen LogP contribution in [0.1, 0.15) is 24.8 Å². The summed E-state index contributed by atoms with van der Waals surface area (Å²) in [5, 5.41) is 0. The molecule has 1 aromatic rings. The normalized spacial score (nSPS) is 31.6. The lowest BCUT2D eigenvalue weighted by Crippen LogP contribution is -2.46. The highest BCUT2D eigenvalue weighted by atomic mass is 19.1. The summed E-state index contributed by atoms with van der Waals surface area (Å²) in [5.74, 6) is 0.232. The standard InChI is InChI=1S/C16H22FNO2/c17-14-3-1-2-12(8-14)9-15(18)13-4-6-20-16(10-13)5-7-19-11-16/h1-3,8,13,15H,4-7,9-11,18H2. The van der Waals surface area contributed by atoms with E-state index in [1.165, 1.54) is 6.07 Å². The average Bonchev–Trinajstić information content (AvgIpc) is 2.87. The van der Waals surface area contributed by atoms with E-state index in [-0.39, 0.29) is 17.5 Å². The maximum absolute atomic E-state index is 13.2. The van der Waals surface area contributed by atoms with E-state index in [0.717, 1.165) is 44.5 Å². The molecule has 1 aromatic carbocycles. The second-order valence-corrected chi connectivity index (χ2v) is 6.08. The Morgan fingerprint density at radius 2 is 2.30 bits per heavy atom. The fourth-order valence-electron chi connectivity index (χ4n) is 3.40. The molecule has 3 atom stereocenters. The van der Waals surface area contributed by atoms with Crippen LogP contribution in [0.2, 0.25) is 0 Å². The molecule has 0 aliphatic carbocycles. The van der Waals surface area contributed by atoms with Crippen LogP contribution >= 0.6 is 0 Å². The van der Waals surface area contributed by atoms with E-state index >= 15 is 0 Å². The lowest BCUT2D eigenvalue weighted by molar-refractivity contribution is -0.101. The number of nitrogens with two attached hydrogens (primary N) is 1. The molecule has 3 rings (SSSR count). The first-order valence-electron chi connectivity index (χ1n) is 7.39. The lowest BCUT2D eigenvalue weighted by Gasteiger charge is -2.39. The lowest BCUT2D eigenvalue weighted by atomic mass is 9.80. The molecular formula is C16H22FNO2. The van der Waals surface area contributed by atoms with Gasteiger partial charge in [-0.05, 0) is 42.9 Å². The summed E-state index contributed by atoms with van der Waals surface area (Å²) in [7, 11) is 0. The van der Waals surface area contributed by atoms with Gasteiger partial charge < -0.3 is 15.2 Å². The molecule has 4 heteroatoms. The second kappa shape index (κ2) is 5.80. The summed E-state index contributed by atoms with van der Waals surface area (Å²) in [4.78, 5) is 0. The molecule has 110 valence electrons. The van der Waals surface area contributed by atoms with Crippen LogP contribution < -0.4 is 5.73 Å². The van der Waals surface area contributed by atoms with Gasteiger partial charge in [0.15, 0.2) is 0 Å². The largest absolute Gasteiger partial charge is 0.378 e. The van der Waals surface area contributed by atoms with Gasteiger partial charge in [0, 0.05) is 25.7 Å². The highest BCUT2D eigenvalue weighted by molar-refractivity contribution is 5.17. The minimum absolute atomic E-state index is 0.0539. The van der Waals surface area contributed by atoms with Gasteiger partial charge in [0.2, 0.25) is 0 Å². The third kappa shape index (κ3) is 3.03. The molecule has 0 saturated carbocycles. The zero-order valence-electron chi connectivity index (χ0n) is 11.7. The Labute approximate surface area is 119 Å². The monoisotopic (exact) mass is 279 g/mol. The van der Waals surface area contributed by atoms with E-state index in [4.69, 9.17) is 15.2 Å². The van der Waals surface area contributed by atoms with E-state index in [2.05, 4.69) is 0 Å². The number of hydrogen-bond donors (Lipinski definition) is 1. The van der Waals surface area contributed by atoms with Gasteiger partial charge in [0.25, 0.3) is 0 Å². The van der Waals surface area contributed by atoms with Crippen molar-refractivity contribution in [1.82, 2.24) is 0 Å². The third-order valence-electron chi connectivity index (χ3n) is 4.56. The molecule has 0 radical (unpaired) electrons. The van der Waals surface area contributed by atoms with Crippen LogP contribution in [0, 0.1) is 11.7 Å². The Balaban J connectivity index is 1.63. The van der Waals surface area contributed by atoms with Gasteiger partial charge >= 0.3 is 0 Å². The number of ether oxygens (including phenoxy) is 2. The van der Waals surface area contributed by atoms with Crippen LogP contribution in [0.3, 0.4) is 0 Å². The first kappa shape index (κ1) is 14.0. The van der Waals surface area contributed by atoms with Gasteiger partial charge in [-0.1, -0.05) is 12.1 Å². The summed E-state index contributed by atoms with van der Waals surface area (Å²) < 4.78 is 24.6. The molecule has 20 heavy (non-hydrogen) atoms. The minimum atomic E-state index is -0.192. The zero-order valence-corrected chi connectivity index (χ0v) is 11.7. The molecule has 0 aromatic heterocycles. The molecule has 2 aliphatic rings. The van der Waals surface area contributed by atoms with Crippen LogP contribution in [0.25, 0.3) is 0 Å². The van der Waals surface area contributed by atoms with Gasteiger partial charge in [0.05, 0.1) is 12.2 Å². The first-order valence-corrected chi connectivity index (χ1v) is 7.39. The Kier molecular flexibility index (Phi) is 4.06. The summed E-state index contributed by atoms with van der Waals surface area (Å²) in [6.07, 6.45) is 3.64.